The van der Waals surface area contributed by atoms with Crippen molar-refractivity contribution in [3.63, 3.8) is 0 Å². The summed E-state index contributed by atoms with van der Waals surface area (Å²) in [6.07, 6.45) is 22.6. The summed E-state index contributed by atoms with van der Waals surface area (Å²) in [7, 11) is 0. The third-order valence-corrected chi connectivity index (χ3v) is 12.1. The molecule has 0 bridgehead atoms. The Kier molecular flexibility index (Phi) is 19.0. The zero-order valence-corrected chi connectivity index (χ0v) is 32.8. The van der Waals surface area contributed by atoms with Crippen molar-refractivity contribution in [3.05, 3.63) is 83.0 Å². The van der Waals surface area contributed by atoms with Gasteiger partial charge in [-0.2, -0.15) is 0 Å². The van der Waals surface area contributed by atoms with Gasteiger partial charge in [-0.3, -0.25) is 0 Å². The van der Waals surface area contributed by atoms with E-state index in [0.29, 0.717) is 24.4 Å². The van der Waals surface area contributed by atoms with Crippen LogP contribution in [0.3, 0.4) is 0 Å². The van der Waals surface area contributed by atoms with Gasteiger partial charge < -0.3 is 14.6 Å². The molecule has 2 aliphatic rings. The predicted octanol–water partition coefficient (Wildman–Crippen LogP) is 12.0. The van der Waals surface area contributed by atoms with Crippen LogP contribution in [0.25, 0.3) is 11.1 Å². The fraction of sp³-hybridized carbons (Fsp3) is 0.617. The normalized spacial score (nSPS) is 20.9. The fourth-order valence-electron chi connectivity index (χ4n) is 9.00. The van der Waals surface area contributed by atoms with Crippen LogP contribution in [0, 0.1) is 23.7 Å². The van der Waals surface area contributed by atoms with Gasteiger partial charge in [0.1, 0.15) is 6.79 Å². The molecule has 4 heteroatoms. The number of aliphatic hydroxyl groups is 1. The van der Waals surface area contributed by atoms with E-state index in [-0.39, 0.29) is 12.2 Å². The zero-order valence-electron chi connectivity index (χ0n) is 32.8. The molecule has 0 heterocycles. The first-order chi connectivity index (χ1) is 24.8. The van der Waals surface area contributed by atoms with Gasteiger partial charge in [-0.1, -0.05) is 108 Å². The number of hydrogen-bond donors (Lipinski definition) is 1. The average Bonchev–Trinajstić information content (AvgIpc) is 3.17. The van der Waals surface area contributed by atoms with Crippen molar-refractivity contribution in [1.82, 2.24) is 0 Å². The number of esters is 1. The highest BCUT2D eigenvalue weighted by Crippen LogP contribution is 2.43. The van der Waals surface area contributed by atoms with Crippen LogP contribution in [0.1, 0.15) is 152 Å². The molecule has 2 aromatic rings. The molecule has 51 heavy (non-hydrogen) atoms. The first-order valence-corrected chi connectivity index (χ1v) is 20.4. The maximum Gasteiger partial charge on any atom is 0.335 e. The molecule has 2 fully saturated rings. The van der Waals surface area contributed by atoms with Gasteiger partial charge in [-0.05, 0) is 147 Å². The monoisotopic (exact) mass is 699 g/mol. The highest BCUT2D eigenvalue weighted by atomic mass is 16.5. The van der Waals surface area contributed by atoms with E-state index >= 15 is 0 Å². The largest absolute Gasteiger partial charge is 0.462 e. The van der Waals surface area contributed by atoms with Gasteiger partial charge in [0.25, 0.3) is 0 Å². The van der Waals surface area contributed by atoms with Gasteiger partial charge >= 0.3 is 5.97 Å². The Bertz CT molecular complexity index is 1360. The first kappa shape index (κ1) is 42.4. The van der Waals surface area contributed by atoms with Gasteiger partial charge in [0, 0.05) is 0 Å². The molecule has 2 aliphatic carbocycles. The number of aryl methyl sites for hydroxylation is 3. The Morgan fingerprint density at radius 1 is 0.824 bits per heavy atom. The third kappa shape index (κ3) is 13.2. The minimum atomic E-state index is -0.474. The lowest BCUT2D eigenvalue weighted by Crippen LogP contribution is -2.24. The molecule has 4 rings (SSSR count). The van der Waals surface area contributed by atoms with Crippen molar-refractivity contribution in [2.75, 3.05) is 13.2 Å². The van der Waals surface area contributed by atoms with Crippen molar-refractivity contribution in [2.24, 2.45) is 23.7 Å². The molecule has 0 saturated heterocycles. The number of aliphatic hydroxyl groups excluding tert-OH is 1. The van der Waals surface area contributed by atoms with Gasteiger partial charge in [-0.15, -0.1) is 6.58 Å². The average molecular weight is 699 g/mol. The van der Waals surface area contributed by atoms with Crippen LogP contribution in [0.4, 0.5) is 0 Å². The van der Waals surface area contributed by atoms with E-state index in [2.05, 4.69) is 77.3 Å². The number of carbonyl (C=O) groups is 2. The van der Waals surface area contributed by atoms with Gasteiger partial charge in [0.05, 0.1) is 18.8 Å². The Morgan fingerprint density at radius 3 is 2.06 bits per heavy atom. The van der Waals surface area contributed by atoms with E-state index in [4.69, 9.17) is 14.6 Å². The minimum absolute atomic E-state index is 0.130. The summed E-state index contributed by atoms with van der Waals surface area (Å²) >= 11 is 0. The van der Waals surface area contributed by atoms with Crippen LogP contribution in [0.2, 0.25) is 0 Å². The first-order valence-electron chi connectivity index (χ1n) is 20.4. The van der Waals surface area contributed by atoms with Crippen LogP contribution in [0.15, 0.2) is 60.7 Å². The molecule has 0 radical (unpaired) electrons. The zero-order chi connectivity index (χ0) is 37.2. The lowest BCUT2D eigenvalue weighted by molar-refractivity contribution is -0.140. The molecule has 2 aromatic carbocycles. The Morgan fingerprint density at radius 2 is 1.47 bits per heavy atom. The number of unbranched alkanes of at least 4 members (excludes halogenated alkanes) is 2. The minimum Gasteiger partial charge on any atom is -0.462 e. The van der Waals surface area contributed by atoms with E-state index in [9.17, 15) is 4.79 Å². The Hall–Kier alpha value is -2.98. The van der Waals surface area contributed by atoms with Gasteiger partial charge in [0.2, 0.25) is 0 Å². The fourth-order valence-corrected chi connectivity index (χ4v) is 9.00. The lowest BCUT2D eigenvalue weighted by atomic mass is 9.71. The van der Waals surface area contributed by atoms with Gasteiger partial charge in [-0.25, -0.2) is 4.79 Å². The molecule has 0 spiro atoms. The van der Waals surface area contributed by atoms with Crippen LogP contribution in [-0.4, -0.2) is 31.1 Å². The molecule has 4 nitrogen and oxygen atoms in total. The van der Waals surface area contributed by atoms with Crippen molar-refractivity contribution in [2.45, 2.75) is 149 Å². The summed E-state index contributed by atoms with van der Waals surface area (Å²) in [5.74, 6) is 3.19. The van der Waals surface area contributed by atoms with Crippen molar-refractivity contribution in [1.29, 1.82) is 0 Å². The van der Waals surface area contributed by atoms with E-state index < -0.39 is 5.97 Å². The number of benzene rings is 2. The summed E-state index contributed by atoms with van der Waals surface area (Å²) in [6, 6.07) is 14.7. The van der Waals surface area contributed by atoms with E-state index in [1.54, 1.807) is 11.1 Å². The van der Waals surface area contributed by atoms with E-state index in [1.807, 2.05) is 6.79 Å². The number of allylic oxidation sites excluding steroid dienone is 1. The second-order valence-corrected chi connectivity index (χ2v) is 15.7. The summed E-state index contributed by atoms with van der Waals surface area (Å²) in [5, 5.41) is 9.13. The summed E-state index contributed by atoms with van der Waals surface area (Å²) in [5.41, 5.74) is 10.3. The van der Waals surface area contributed by atoms with Crippen LogP contribution in [0.5, 0.6) is 0 Å². The number of rotatable bonds is 19. The van der Waals surface area contributed by atoms with E-state index in [0.717, 1.165) is 37.5 Å². The van der Waals surface area contributed by atoms with Gasteiger partial charge in [0.15, 0.2) is 0 Å². The van der Waals surface area contributed by atoms with Crippen molar-refractivity contribution in [3.8, 4) is 11.1 Å². The van der Waals surface area contributed by atoms with Crippen LogP contribution >= 0.6 is 0 Å². The Balaban J connectivity index is 0.00000345. The van der Waals surface area contributed by atoms with Crippen LogP contribution in [-0.2, 0) is 33.6 Å². The lowest BCUT2D eigenvalue weighted by Gasteiger charge is -2.35. The standard InChI is InChI=1S/C46H68O3.CH2O/c1-7-10-11-12-39-23-24-44(30-37(39)8-2)45-26-25-42(31-38(45)9-3)40-19-15-35(16-20-40)13-14-36-17-21-41(22-18-36)43(29-33(4)5)27-28-49-46(48)34(6)32-47;1-2/h23-26,30-31,35-36,40-41,43,47H,4,6-22,27-29,32H2,1-3,5H3;1H2. The van der Waals surface area contributed by atoms with E-state index in [1.165, 1.54) is 118 Å². The molecule has 2 saturated carbocycles. The third-order valence-electron chi connectivity index (χ3n) is 12.1. The molecule has 282 valence electrons. The predicted molar refractivity (Wildman–Crippen MR) is 215 cm³/mol. The number of hydrogen-bond acceptors (Lipinski definition) is 4. The van der Waals surface area contributed by atoms with Crippen LogP contribution < -0.4 is 0 Å². The highest BCUT2D eigenvalue weighted by Gasteiger charge is 2.29. The molecular weight excluding hydrogens is 629 g/mol. The summed E-state index contributed by atoms with van der Waals surface area (Å²) < 4.78 is 5.39. The number of carbonyl (C=O) groups excluding carboxylic acids is 2. The maximum atomic E-state index is 11.9. The topological polar surface area (TPSA) is 63.6 Å². The summed E-state index contributed by atoms with van der Waals surface area (Å²) in [4.78, 5) is 19.9. The second kappa shape index (κ2) is 22.8. The number of ether oxygens (including phenoxy) is 1. The SMILES string of the molecule is C=C(C)CC(CCOC(=O)C(=C)CO)C1CCC(CCC2CCC(c3ccc(-c4ccc(CCCCC)c(CC)c4)c(CC)c3)CC2)CC1.C=O. The molecule has 0 aliphatic heterocycles. The van der Waals surface area contributed by atoms with Crippen molar-refractivity contribution < 1.29 is 19.4 Å². The smallest absolute Gasteiger partial charge is 0.335 e. The quantitative estimate of drug-likeness (QED) is 0.0686. The molecule has 1 N–H and O–H groups in total. The molecule has 1 atom stereocenters. The molecule has 1 unspecified atom stereocenters. The Labute approximate surface area is 311 Å². The molecular formula is C47H70O4. The highest BCUT2D eigenvalue weighted by molar-refractivity contribution is 5.87. The molecule has 0 amide bonds. The van der Waals surface area contributed by atoms with Crippen molar-refractivity contribution >= 4 is 12.8 Å². The summed E-state index contributed by atoms with van der Waals surface area (Å²) in [6.45, 7) is 18.8. The molecule has 0 aromatic heterocycles. The second-order valence-electron chi connectivity index (χ2n) is 15.7. The maximum absolute atomic E-state index is 11.9.